The molecule has 0 saturated heterocycles. The number of rotatable bonds is 8. The Morgan fingerprint density at radius 3 is 2.63 bits per heavy atom. The van der Waals surface area contributed by atoms with Crippen LogP contribution in [0.2, 0.25) is 0 Å². The van der Waals surface area contributed by atoms with Gasteiger partial charge in [-0.2, -0.15) is 0 Å². The van der Waals surface area contributed by atoms with Crippen molar-refractivity contribution in [3.8, 4) is 11.1 Å². The predicted octanol–water partition coefficient (Wildman–Crippen LogP) is 3.93. The van der Waals surface area contributed by atoms with E-state index in [0.29, 0.717) is 24.5 Å². The number of ketones is 1. The molecule has 0 bridgehead atoms. The van der Waals surface area contributed by atoms with Crippen molar-refractivity contribution in [2.75, 3.05) is 13.2 Å². The molecule has 0 aliphatic rings. The van der Waals surface area contributed by atoms with Crippen molar-refractivity contribution in [3.63, 3.8) is 0 Å². The Balaban J connectivity index is 1.78. The first-order valence-electron chi connectivity index (χ1n) is 9.05. The highest BCUT2D eigenvalue weighted by Crippen LogP contribution is 2.27. The first-order valence-corrected chi connectivity index (χ1v) is 9.86. The van der Waals surface area contributed by atoms with Gasteiger partial charge in [0.1, 0.15) is 0 Å². The normalized spacial score (nSPS) is 10.9. The van der Waals surface area contributed by atoms with Crippen molar-refractivity contribution >= 4 is 17.1 Å². The predicted molar refractivity (Wildman–Crippen MR) is 110 cm³/mol. The molecular formula is C22H24N2O2S. The third kappa shape index (κ3) is 4.69. The molecule has 3 aromatic rings. The number of aromatic nitrogens is 1. The molecule has 2 N–H and O–H groups in total. The molecule has 1 heterocycles. The molecule has 0 saturated carbocycles. The van der Waals surface area contributed by atoms with Crippen LogP contribution in [0.15, 0.2) is 48.5 Å². The first kappa shape index (κ1) is 19.4. The molecule has 5 heteroatoms. The smallest absolute Gasteiger partial charge is 0.195 e. The van der Waals surface area contributed by atoms with Crippen LogP contribution in [0.4, 0.5) is 0 Å². The van der Waals surface area contributed by atoms with Crippen LogP contribution in [0.5, 0.6) is 0 Å². The van der Waals surface area contributed by atoms with Crippen LogP contribution >= 0.6 is 11.3 Å². The number of aliphatic hydroxyl groups excluding tert-OH is 1. The second-order valence-corrected chi connectivity index (χ2v) is 7.57. The van der Waals surface area contributed by atoms with Crippen molar-refractivity contribution in [1.29, 1.82) is 0 Å². The van der Waals surface area contributed by atoms with E-state index in [-0.39, 0.29) is 12.4 Å². The Hall–Kier alpha value is -2.34. The van der Waals surface area contributed by atoms with E-state index in [1.165, 1.54) is 11.3 Å². The van der Waals surface area contributed by atoms with Gasteiger partial charge in [0.2, 0.25) is 0 Å². The number of aliphatic hydroxyl groups is 1. The lowest BCUT2D eigenvalue weighted by Gasteiger charge is -2.11. The average molecular weight is 381 g/mol. The zero-order chi connectivity index (χ0) is 19.2. The molecule has 0 aliphatic heterocycles. The van der Waals surface area contributed by atoms with Gasteiger partial charge >= 0.3 is 0 Å². The van der Waals surface area contributed by atoms with E-state index < -0.39 is 0 Å². The topological polar surface area (TPSA) is 62.2 Å². The lowest BCUT2D eigenvalue weighted by atomic mass is 9.94. The highest BCUT2D eigenvalue weighted by Gasteiger charge is 2.16. The summed E-state index contributed by atoms with van der Waals surface area (Å²) in [5.74, 6) is 0.0461. The third-order valence-corrected chi connectivity index (χ3v) is 5.79. The summed E-state index contributed by atoms with van der Waals surface area (Å²) in [6.07, 6.45) is 0.350. The minimum absolute atomic E-state index is 0.0461. The molecule has 0 unspecified atom stereocenters. The molecule has 0 amide bonds. The summed E-state index contributed by atoms with van der Waals surface area (Å²) in [4.78, 5) is 18.3. The monoisotopic (exact) mass is 380 g/mol. The molecule has 0 aliphatic carbocycles. The number of hydrogen-bond donors (Lipinski definition) is 2. The maximum Gasteiger partial charge on any atom is 0.195 e. The lowest BCUT2D eigenvalue weighted by molar-refractivity contribution is 0.0992. The Labute approximate surface area is 163 Å². The van der Waals surface area contributed by atoms with E-state index in [1.54, 1.807) is 0 Å². The van der Waals surface area contributed by atoms with Crippen molar-refractivity contribution < 1.29 is 9.90 Å². The summed E-state index contributed by atoms with van der Waals surface area (Å²) >= 11 is 1.44. The number of carbonyl (C=O) groups is 1. The Kier molecular flexibility index (Phi) is 6.50. The van der Waals surface area contributed by atoms with Crippen molar-refractivity contribution in [3.05, 3.63) is 75.2 Å². The molecule has 2 aromatic carbocycles. The number of benzene rings is 2. The van der Waals surface area contributed by atoms with E-state index in [0.717, 1.165) is 32.8 Å². The second kappa shape index (κ2) is 9.04. The van der Waals surface area contributed by atoms with E-state index >= 15 is 0 Å². The van der Waals surface area contributed by atoms with Crippen molar-refractivity contribution in [2.45, 2.75) is 26.8 Å². The number of thiazole rings is 1. The fraction of sp³-hybridized carbons (Fsp3) is 0.273. The van der Waals surface area contributed by atoms with Crippen molar-refractivity contribution in [1.82, 2.24) is 10.3 Å². The number of Topliss-reactive ketones (excluding diaryl/α,β-unsaturated/α-hetero) is 1. The van der Waals surface area contributed by atoms with Crippen LogP contribution in [-0.4, -0.2) is 29.0 Å². The second-order valence-electron chi connectivity index (χ2n) is 6.48. The third-order valence-electron chi connectivity index (χ3n) is 4.59. The average Bonchev–Trinajstić information content (AvgIpc) is 3.05. The number of hydrogen-bond acceptors (Lipinski definition) is 5. The summed E-state index contributed by atoms with van der Waals surface area (Å²) in [6.45, 7) is 5.25. The standard InChI is InChI=1S/C22H24N2O2S/c1-15-18(9-6-10-19(15)17-7-4-3-5-8-17)13-20(26)22-24-16(2)21(27-22)14-23-11-12-25/h3-10,23,25H,11-14H2,1-2H3. The zero-order valence-corrected chi connectivity index (χ0v) is 16.5. The van der Waals surface area contributed by atoms with Gasteiger partial charge in [-0.25, -0.2) is 4.98 Å². The van der Waals surface area contributed by atoms with Crippen LogP contribution < -0.4 is 5.32 Å². The van der Waals surface area contributed by atoms with Gasteiger partial charge in [0.15, 0.2) is 10.8 Å². The van der Waals surface area contributed by atoms with Gasteiger partial charge in [-0.05, 0) is 36.1 Å². The molecule has 0 spiro atoms. The summed E-state index contributed by atoms with van der Waals surface area (Å²) in [5.41, 5.74) is 5.37. The van der Waals surface area contributed by atoms with Crippen molar-refractivity contribution in [2.24, 2.45) is 0 Å². The highest BCUT2D eigenvalue weighted by molar-refractivity contribution is 7.13. The SMILES string of the molecule is Cc1nc(C(=O)Cc2cccc(-c3ccccc3)c2C)sc1CNCCO. The van der Waals surface area contributed by atoms with Gasteiger partial charge in [0.05, 0.1) is 12.3 Å². The van der Waals surface area contributed by atoms with Gasteiger partial charge < -0.3 is 10.4 Å². The van der Waals surface area contributed by atoms with Gasteiger partial charge in [-0.1, -0.05) is 48.5 Å². The molecule has 27 heavy (non-hydrogen) atoms. The van der Waals surface area contributed by atoms with Crippen LogP contribution in [0, 0.1) is 13.8 Å². The van der Waals surface area contributed by atoms with E-state index in [2.05, 4.69) is 35.4 Å². The fourth-order valence-electron chi connectivity index (χ4n) is 3.05. The molecule has 1 aromatic heterocycles. The Morgan fingerprint density at radius 1 is 1.11 bits per heavy atom. The highest BCUT2D eigenvalue weighted by atomic mass is 32.1. The molecule has 0 fully saturated rings. The van der Waals surface area contributed by atoms with Gasteiger partial charge in [0.25, 0.3) is 0 Å². The number of nitrogens with one attached hydrogen (secondary N) is 1. The summed E-state index contributed by atoms with van der Waals surface area (Å²) in [7, 11) is 0. The number of aryl methyl sites for hydroxylation is 1. The largest absolute Gasteiger partial charge is 0.395 e. The summed E-state index contributed by atoms with van der Waals surface area (Å²) in [5, 5.41) is 12.6. The van der Waals surface area contributed by atoms with Gasteiger partial charge in [0, 0.05) is 24.4 Å². The molecule has 4 nitrogen and oxygen atoms in total. The molecule has 0 radical (unpaired) electrons. The first-order chi connectivity index (χ1) is 13.1. The zero-order valence-electron chi connectivity index (χ0n) is 15.7. The Morgan fingerprint density at radius 2 is 1.89 bits per heavy atom. The quantitative estimate of drug-likeness (QED) is 0.459. The van der Waals surface area contributed by atoms with Gasteiger partial charge in [-0.3, -0.25) is 4.79 Å². The minimum Gasteiger partial charge on any atom is -0.395 e. The molecule has 0 atom stereocenters. The maximum atomic E-state index is 12.8. The number of nitrogens with zero attached hydrogens (tertiary/aromatic N) is 1. The maximum absolute atomic E-state index is 12.8. The van der Waals surface area contributed by atoms with Gasteiger partial charge in [-0.15, -0.1) is 11.3 Å². The lowest BCUT2D eigenvalue weighted by Crippen LogP contribution is -2.17. The summed E-state index contributed by atoms with van der Waals surface area (Å²) < 4.78 is 0. The fourth-order valence-corrected chi connectivity index (χ4v) is 4.02. The summed E-state index contributed by atoms with van der Waals surface area (Å²) in [6, 6.07) is 16.3. The molecule has 3 rings (SSSR count). The van der Waals surface area contributed by atoms with Crippen LogP contribution in [0.25, 0.3) is 11.1 Å². The van der Waals surface area contributed by atoms with E-state index in [1.807, 2.05) is 37.3 Å². The molecular weight excluding hydrogens is 356 g/mol. The number of carbonyl (C=O) groups excluding carboxylic acids is 1. The van der Waals surface area contributed by atoms with Crippen LogP contribution in [-0.2, 0) is 13.0 Å². The Bertz CT molecular complexity index is 919. The minimum atomic E-state index is 0.0461. The van der Waals surface area contributed by atoms with Crippen LogP contribution in [0.3, 0.4) is 0 Å². The van der Waals surface area contributed by atoms with Crippen LogP contribution in [0.1, 0.15) is 31.5 Å². The molecule has 140 valence electrons. The van der Waals surface area contributed by atoms with E-state index in [9.17, 15) is 4.79 Å². The van der Waals surface area contributed by atoms with E-state index in [4.69, 9.17) is 5.11 Å².